The van der Waals surface area contributed by atoms with Gasteiger partial charge in [0.05, 0.1) is 12.7 Å². The van der Waals surface area contributed by atoms with Gasteiger partial charge in [-0.3, -0.25) is 4.99 Å². The summed E-state index contributed by atoms with van der Waals surface area (Å²) in [5.74, 6) is 0. The highest BCUT2D eigenvalue weighted by Crippen LogP contribution is 2.16. The van der Waals surface area contributed by atoms with Crippen LogP contribution < -0.4 is 11.1 Å². The largest absolute Gasteiger partial charge is 0.359 e. The highest BCUT2D eigenvalue weighted by atomic mass is 15.4. The molecule has 0 fully saturated rings. The maximum atomic E-state index is 5.74. The van der Waals surface area contributed by atoms with E-state index in [1.54, 1.807) is 12.7 Å². The van der Waals surface area contributed by atoms with Crippen LogP contribution in [-0.2, 0) is 0 Å². The summed E-state index contributed by atoms with van der Waals surface area (Å²) in [5, 5.41) is 2.92. The molecule has 0 radical (unpaired) electrons. The summed E-state index contributed by atoms with van der Waals surface area (Å²) in [6.45, 7) is 0. The zero-order valence-electron chi connectivity index (χ0n) is 6.31. The van der Waals surface area contributed by atoms with Gasteiger partial charge in [0.2, 0.25) is 0 Å². The Labute approximate surface area is 65.0 Å². The van der Waals surface area contributed by atoms with E-state index >= 15 is 0 Å². The summed E-state index contributed by atoms with van der Waals surface area (Å²) in [5.41, 5.74) is 5.74. The normalized spacial score (nSPS) is 40.5. The van der Waals surface area contributed by atoms with Gasteiger partial charge in [-0.1, -0.05) is 0 Å². The van der Waals surface area contributed by atoms with Crippen LogP contribution in [0.25, 0.3) is 0 Å². The Morgan fingerprint density at radius 2 is 2.36 bits per heavy atom. The van der Waals surface area contributed by atoms with E-state index in [2.05, 4.69) is 15.3 Å². The monoisotopic (exact) mass is 153 g/mol. The van der Waals surface area contributed by atoms with E-state index in [9.17, 15) is 0 Å². The average molecular weight is 153 g/mol. The van der Waals surface area contributed by atoms with Crippen molar-refractivity contribution in [1.29, 1.82) is 0 Å². The van der Waals surface area contributed by atoms with Gasteiger partial charge < -0.3 is 16.0 Å². The number of hydrogen-bond acceptors (Lipinski definition) is 5. The highest BCUT2D eigenvalue weighted by molar-refractivity contribution is 5.63. The summed E-state index contributed by atoms with van der Waals surface area (Å²) in [6, 6.07) is 0.0741. The van der Waals surface area contributed by atoms with E-state index < -0.39 is 0 Å². The first-order valence-electron chi connectivity index (χ1n) is 3.57. The Bertz CT molecular complexity index is 209. The first-order valence-corrected chi connectivity index (χ1v) is 3.57. The van der Waals surface area contributed by atoms with Gasteiger partial charge in [-0.05, 0) is 0 Å². The van der Waals surface area contributed by atoms with Crippen molar-refractivity contribution in [3.8, 4) is 0 Å². The zero-order chi connectivity index (χ0) is 7.84. The molecule has 3 atom stereocenters. The van der Waals surface area contributed by atoms with Gasteiger partial charge in [-0.2, -0.15) is 0 Å². The van der Waals surface area contributed by atoms with Crippen LogP contribution in [0.2, 0.25) is 0 Å². The Balaban J connectivity index is 2.23. The second-order valence-corrected chi connectivity index (χ2v) is 2.80. The maximum absolute atomic E-state index is 5.74. The number of nitrogens with zero attached hydrogens (tertiary/aromatic N) is 3. The third-order valence-corrected chi connectivity index (χ3v) is 2.01. The molecule has 2 rings (SSSR count). The van der Waals surface area contributed by atoms with Crippen molar-refractivity contribution in [2.45, 2.75) is 18.4 Å². The molecule has 0 aromatic rings. The number of aliphatic imine (C=N–C) groups is 2. The van der Waals surface area contributed by atoms with E-state index in [0.717, 1.165) is 0 Å². The molecule has 2 aliphatic heterocycles. The topological polar surface area (TPSA) is 66.0 Å². The lowest BCUT2D eigenvalue weighted by Gasteiger charge is -2.28. The van der Waals surface area contributed by atoms with Gasteiger partial charge in [0.15, 0.2) is 0 Å². The third kappa shape index (κ3) is 0.883. The highest BCUT2D eigenvalue weighted by Gasteiger charge is 2.34. The third-order valence-electron chi connectivity index (χ3n) is 2.01. The fourth-order valence-corrected chi connectivity index (χ4v) is 1.34. The molecule has 2 aliphatic rings. The van der Waals surface area contributed by atoms with Crippen LogP contribution in [0.3, 0.4) is 0 Å². The number of fused-ring (bicyclic) bond motifs is 1. The van der Waals surface area contributed by atoms with E-state index in [1.807, 2.05) is 11.9 Å². The SMILES string of the molecule is CN1C=NC2C(N)NC=NC21. The van der Waals surface area contributed by atoms with Crippen molar-refractivity contribution in [3.63, 3.8) is 0 Å². The molecule has 3 N–H and O–H groups in total. The lowest BCUT2D eigenvalue weighted by Crippen LogP contribution is -2.54. The molecule has 0 aromatic heterocycles. The molecule has 60 valence electrons. The second kappa shape index (κ2) is 2.20. The predicted octanol–water partition coefficient (Wildman–Crippen LogP) is -1.43. The van der Waals surface area contributed by atoms with Crippen LogP contribution in [0.5, 0.6) is 0 Å². The summed E-state index contributed by atoms with van der Waals surface area (Å²) in [7, 11) is 1.95. The van der Waals surface area contributed by atoms with Gasteiger partial charge in [-0.15, -0.1) is 0 Å². The number of hydrogen-bond donors (Lipinski definition) is 2. The van der Waals surface area contributed by atoms with Crippen molar-refractivity contribution in [2.24, 2.45) is 15.7 Å². The first-order chi connectivity index (χ1) is 5.29. The van der Waals surface area contributed by atoms with Crippen molar-refractivity contribution in [1.82, 2.24) is 10.2 Å². The molecule has 0 aliphatic carbocycles. The molecule has 0 saturated carbocycles. The van der Waals surface area contributed by atoms with E-state index in [1.165, 1.54) is 0 Å². The first kappa shape index (κ1) is 6.60. The molecule has 0 bridgehead atoms. The Hall–Kier alpha value is -1.10. The van der Waals surface area contributed by atoms with Crippen molar-refractivity contribution in [3.05, 3.63) is 0 Å². The molecule has 0 aromatic carbocycles. The standard InChI is InChI=1S/C6H11N5/c1-11-3-10-4-5(7)8-2-9-6(4)11/h2-6H,7H2,1H3,(H,8,9). The molecule has 3 unspecified atom stereocenters. The number of rotatable bonds is 0. The molecule has 2 heterocycles. The minimum Gasteiger partial charge on any atom is -0.359 e. The summed E-state index contributed by atoms with van der Waals surface area (Å²) >= 11 is 0. The molecule has 11 heavy (non-hydrogen) atoms. The minimum atomic E-state index is -0.0984. The summed E-state index contributed by atoms with van der Waals surface area (Å²) < 4.78 is 0. The zero-order valence-corrected chi connectivity index (χ0v) is 6.31. The van der Waals surface area contributed by atoms with Crippen LogP contribution in [0.1, 0.15) is 0 Å². The smallest absolute Gasteiger partial charge is 0.149 e. The van der Waals surface area contributed by atoms with E-state index in [0.29, 0.717) is 0 Å². The van der Waals surface area contributed by atoms with Crippen LogP contribution >= 0.6 is 0 Å². The van der Waals surface area contributed by atoms with E-state index in [4.69, 9.17) is 5.73 Å². The quantitative estimate of drug-likeness (QED) is 0.448. The molecule has 0 saturated heterocycles. The number of likely N-dealkylation sites (N-methyl/N-ethyl adjacent to an activating group) is 1. The number of nitrogens with one attached hydrogen (secondary N) is 1. The molecule has 5 nitrogen and oxygen atoms in total. The molecule has 0 spiro atoms. The van der Waals surface area contributed by atoms with Crippen molar-refractivity contribution >= 4 is 12.7 Å². The second-order valence-electron chi connectivity index (χ2n) is 2.80. The Morgan fingerprint density at radius 1 is 1.55 bits per heavy atom. The molecule has 0 amide bonds. The van der Waals surface area contributed by atoms with Gasteiger partial charge in [-0.25, -0.2) is 4.99 Å². The minimum absolute atomic E-state index is 0.0741. The molecular formula is C6H11N5. The lowest BCUT2D eigenvalue weighted by molar-refractivity contribution is 0.314. The van der Waals surface area contributed by atoms with Gasteiger partial charge in [0, 0.05) is 7.05 Å². The number of nitrogens with two attached hydrogens (primary N) is 1. The van der Waals surface area contributed by atoms with Crippen LogP contribution in [-0.4, -0.2) is 43.0 Å². The molecular weight excluding hydrogens is 142 g/mol. The van der Waals surface area contributed by atoms with Gasteiger partial charge >= 0.3 is 0 Å². The average Bonchev–Trinajstić information content (AvgIpc) is 2.35. The lowest BCUT2D eigenvalue weighted by atomic mass is 10.2. The van der Waals surface area contributed by atoms with Gasteiger partial charge in [0.25, 0.3) is 0 Å². The Morgan fingerprint density at radius 3 is 3.09 bits per heavy atom. The maximum Gasteiger partial charge on any atom is 0.149 e. The van der Waals surface area contributed by atoms with Crippen LogP contribution in [0.15, 0.2) is 9.98 Å². The van der Waals surface area contributed by atoms with E-state index in [-0.39, 0.29) is 18.4 Å². The summed E-state index contributed by atoms with van der Waals surface area (Å²) in [4.78, 5) is 10.4. The van der Waals surface area contributed by atoms with Crippen LogP contribution in [0, 0.1) is 0 Å². The van der Waals surface area contributed by atoms with Crippen molar-refractivity contribution < 1.29 is 0 Å². The van der Waals surface area contributed by atoms with Crippen LogP contribution in [0.4, 0.5) is 0 Å². The fourth-order valence-electron chi connectivity index (χ4n) is 1.34. The van der Waals surface area contributed by atoms with Gasteiger partial charge in [0.1, 0.15) is 18.4 Å². The van der Waals surface area contributed by atoms with Crippen molar-refractivity contribution in [2.75, 3.05) is 7.05 Å². The fraction of sp³-hybridized carbons (Fsp3) is 0.667. The predicted molar refractivity (Wildman–Crippen MR) is 43.4 cm³/mol. The molecule has 5 heteroatoms. The summed E-state index contributed by atoms with van der Waals surface area (Å²) in [6.07, 6.45) is 3.43. The Kier molecular flexibility index (Phi) is 1.32.